The van der Waals surface area contributed by atoms with Crippen LogP contribution >= 0.6 is 46.7 Å². The topological polar surface area (TPSA) is 224 Å². The van der Waals surface area contributed by atoms with E-state index in [1.165, 1.54) is 16.5 Å². The Bertz CT molecular complexity index is 2360. The van der Waals surface area contributed by atoms with E-state index in [0.29, 0.717) is 48.9 Å². The van der Waals surface area contributed by atoms with Gasteiger partial charge in [-0.15, -0.1) is 20.4 Å². The van der Waals surface area contributed by atoms with E-state index < -0.39 is 11.9 Å². The van der Waals surface area contributed by atoms with Crippen LogP contribution in [0.2, 0.25) is 10.0 Å². The summed E-state index contributed by atoms with van der Waals surface area (Å²) in [6.07, 6.45) is 0. The molecule has 0 unspecified atom stereocenters. The van der Waals surface area contributed by atoms with Crippen molar-refractivity contribution in [1.82, 2.24) is 29.7 Å². The number of nitrogens with one attached hydrogen (secondary N) is 2. The van der Waals surface area contributed by atoms with Crippen LogP contribution in [-0.2, 0) is 19.1 Å². The van der Waals surface area contributed by atoms with E-state index in [-0.39, 0.29) is 35.5 Å². The summed E-state index contributed by atoms with van der Waals surface area (Å²) in [6.45, 7) is 1.97. The number of hydrogen-bond acceptors (Lipinski definition) is 14. The third-order valence-corrected chi connectivity index (χ3v) is 9.89. The van der Waals surface area contributed by atoms with Crippen LogP contribution in [0.4, 0.5) is 11.4 Å². The molecule has 6 aromatic rings. The molecule has 0 spiro atoms. The summed E-state index contributed by atoms with van der Waals surface area (Å²) < 4.78 is 12.3. The van der Waals surface area contributed by atoms with Crippen molar-refractivity contribution in [3.05, 3.63) is 118 Å². The molecule has 2 heterocycles. The lowest BCUT2D eigenvalue weighted by Crippen LogP contribution is -2.18. The summed E-state index contributed by atoms with van der Waals surface area (Å²) >= 11 is 14.0. The zero-order chi connectivity index (χ0) is 40.9. The summed E-state index contributed by atoms with van der Waals surface area (Å²) in [6, 6.07) is 27.3. The van der Waals surface area contributed by atoms with Gasteiger partial charge in [0.1, 0.15) is 0 Å². The first kappa shape index (κ1) is 42.1. The second kappa shape index (κ2) is 20.2. The lowest BCUT2D eigenvalue weighted by atomic mass is 10.2. The normalized spacial score (nSPS) is 10.5. The number of para-hydroxylation sites is 2. The van der Waals surface area contributed by atoms with Gasteiger partial charge in [0, 0.05) is 21.2 Å². The zero-order valence-corrected chi connectivity index (χ0v) is 33.4. The largest absolute Gasteiger partial charge is 0.465 e. The fourth-order valence-corrected chi connectivity index (χ4v) is 6.40. The Hall–Kier alpha value is -6.08. The van der Waals surface area contributed by atoms with Gasteiger partial charge in [0.25, 0.3) is 0 Å². The van der Waals surface area contributed by atoms with Crippen LogP contribution < -0.4 is 22.3 Å². The van der Waals surface area contributed by atoms with Gasteiger partial charge in [-0.1, -0.05) is 71.0 Å². The van der Waals surface area contributed by atoms with Gasteiger partial charge in [0.05, 0.1) is 47.7 Å². The molecule has 4 aromatic carbocycles. The number of anilines is 2. The van der Waals surface area contributed by atoms with Crippen LogP contribution in [0.25, 0.3) is 22.8 Å². The standard InChI is InChI=1S/C19H18ClN5O3S.C18H16ClN5O3S/c1-2-28-18(27)14-5-3-4-6-15(14)22-16(26)11-29-19-24-23-17(25(19)21)12-7-9-13(20)10-8-12;1-27-17(26)13-4-2-3-5-14(13)21-15(25)10-28-18-23-22-16(24(18)20)11-6-8-12(19)9-7-11/h3-10H,2,11,21H2,1H3,(H,22,26);2-9H,10,20H2,1H3,(H,21,25). The zero-order valence-electron chi connectivity index (χ0n) is 30.2. The first-order valence-corrected chi connectivity index (χ1v) is 19.4. The minimum atomic E-state index is -0.530. The number of esters is 2. The van der Waals surface area contributed by atoms with Crippen molar-refractivity contribution in [3.8, 4) is 22.8 Å². The number of aromatic nitrogens is 6. The maximum absolute atomic E-state index is 12.3. The SMILES string of the molecule is CCOC(=O)c1ccccc1NC(=O)CSc1nnc(-c2ccc(Cl)cc2)n1N.COC(=O)c1ccccc1NC(=O)CSc1nnc(-c2ccc(Cl)cc2)n1N. The van der Waals surface area contributed by atoms with Crippen molar-refractivity contribution in [2.45, 2.75) is 17.2 Å². The van der Waals surface area contributed by atoms with Gasteiger partial charge < -0.3 is 31.8 Å². The molecule has 2 aromatic heterocycles. The van der Waals surface area contributed by atoms with Gasteiger partial charge in [0.2, 0.25) is 22.1 Å². The number of thioether (sulfide) groups is 2. The molecule has 6 N–H and O–H groups in total. The quantitative estimate of drug-likeness (QED) is 0.0590. The predicted octanol–water partition coefficient (Wildman–Crippen LogP) is 6.05. The number of carbonyl (C=O) groups is 4. The highest BCUT2D eigenvalue weighted by Crippen LogP contribution is 2.25. The van der Waals surface area contributed by atoms with Crippen molar-refractivity contribution >= 4 is 81.9 Å². The predicted molar refractivity (Wildman–Crippen MR) is 220 cm³/mol. The van der Waals surface area contributed by atoms with Crippen molar-refractivity contribution in [3.63, 3.8) is 0 Å². The molecule has 57 heavy (non-hydrogen) atoms. The van der Waals surface area contributed by atoms with Crippen LogP contribution in [0.5, 0.6) is 0 Å². The van der Waals surface area contributed by atoms with Crippen LogP contribution in [0.3, 0.4) is 0 Å². The molecular formula is C37H34Cl2N10O6S2. The maximum atomic E-state index is 12.3. The average Bonchev–Trinajstić information content (AvgIpc) is 3.78. The Morgan fingerprint density at radius 1 is 0.632 bits per heavy atom. The molecule has 0 aliphatic heterocycles. The van der Waals surface area contributed by atoms with E-state index in [4.69, 9.17) is 44.4 Å². The number of methoxy groups -OCH3 is 1. The highest BCUT2D eigenvalue weighted by molar-refractivity contribution is 8.00. The summed E-state index contributed by atoms with van der Waals surface area (Å²) in [4.78, 5) is 48.4. The van der Waals surface area contributed by atoms with E-state index in [1.54, 1.807) is 104 Å². The molecule has 0 fully saturated rings. The summed E-state index contributed by atoms with van der Waals surface area (Å²) in [5, 5.41) is 23.5. The van der Waals surface area contributed by atoms with Gasteiger partial charge >= 0.3 is 11.9 Å². The number of benzene rings is 4. The van der Waals surface area contributed by atoms with Gasteiger partial charge in [0.15, 0.2) is 11.6 Å². The molecule has 2 amide bonds. The number of nitrogens with two attached hydrogens (primary N) is 2. The Morgan fingerprint density at radius 3 is 1.44 bits per heavy atom. The van der Waals surface area contributed by atoms with Crippen LogP contribution in [0.15, 0.2) is 107 Å². The van der Waals surface area contributed by atoms with Gasteiger partial charge in [-0.3, -0.25) is 9.59 Å². The molecule has 0 radical (unpaired) electrons. The summed E-state index contributed by atoms with van der Waals surface area (Å²) in [7, 11) is 1.28. The Kier molecular flexibility index (Phi) is 14.9. The van der Waals surface area contributed by atoms with E-state index in [1.807, 2.05) is 0 Å². The number of nitrogens with zero attached hydrogens (tertiary/aromatic N) is 6. The second-order valence-electron chi connectivity index (χ2n) is 11.3. The Balaban J connectivity index is 0.000000218. The molecule has 0 saturated heterocycles. The fraction of sp³-hybridized carbons (Fsp3) is 0.135. The Labute approximate surface area is 344 Å². The van der Waals surface area contributed by atoms with E-state index in [9.17, 15) is 19.2 Å². The number of halogens is 2. The first-order valence-electron chi connectivity index (χ1n) is 16.7. The molecule has 294 valence electrons. The third kappa shape index (κ3) is 11.3. The number of hydrogen-bond donors (Lipinski definition) is 4. The fourth-order valence-electron chi connectivity index (χ4n) is 4.83. The highest BCUT2D eigenvalue weighted by Gasteiger charge is 2.18. The molecule has 20 heteroatoms. The average molecular weight is 850 g/mol. The van der Waals surface area contributed by atoms with Gasteiger partial charge in [-0.25, -0.2) is 18.9 Å². The van der Waals surface area contributed by atoms with E-state index in [2.05, 4.69) is 31.0 Å². The highest BCUT2D eigenvalue weighted by atomic mass is 35.5. The minimum Gasteiger partial charge on any atom is -0.465 e. The molecule has 6 rings (SSSR count). The monoisotopic (exact) mass is 848 g/mol. The van der Waals surface area contributed by atoms with Gasteiger partial charge in [-0.2, -0.15) is 0 Å². The smallest absolute Gasteiger partial charge is 0.340 e. The number of amides is 2. The minimum absolute atomic E-state index is 0.0332. The maximum Gasteiger partial charge on any atom is 0.340 e. The molecule has 0 aliphatic rings. The molecule has 16 nitrogen and oxygen atoms in total. The molecule has 0 saturated carbocycles. The van der Waals surface area contributed by atoms with Crippen LogP contribution in [-0.4, -0.2) is 78.7 Å². The van der Waals surface area contributed by atoms with Gasteiger partial charge in [-0.05, 0) is 79.7 Å². The van der Waals surface area contributed by atoms with Crippen molar-refractivity contribution in [2.75, 3.05) is 47.5 Å². The number of ether oxygens (including phenoxy) is 2. The lowest BCUT2D eigenvalue weighted by molar-refractivity contribution is -0.114. The molecular weight excluding hydrogens is 816 g/mol. The number of nitrogen functional groups attached to an aromatic ring is 2. The van der Waals surface area contributed by atoms with Crippen LogP contribution in [0, 0.1) is 0 Å². The third-order valence-electron chi connectivity index (χ3n) is 7.50. The molecule has 0 atom stereocenters. The number of carbonyl (C=O) groups excluding carboxylic acids is 4. The summed E-state index contributed by atoms with van der Waals surface area (Å²) in [5.74, 6) is 11.4. The van der Waals surface area contributed by atoms with Crippen LogP contribution in [0.1, 0.15) is 27.6 Å². The first-order chi connectivity index (χ1) is 27.5. The summed E-state index contributed by atoms with van der Waals surface area (Å²) in [5.41, 5.74) is 2.82. The van der Waals surface area contributed by atoms with Crippen molar-refractivity contribution in [1.29, 1.82) is 0 Å². The van der Waals surface area contributed by atoms with E-state index in [0.717, 1.165) is 34.7 Å². The number of rotatable bonds is 13. The molecule has 0 aliphatic carbocycles. The van der Waals surface area contributed by atoms with Crippen molar-refractivity contribution < 1.29 is 28.7 Å². The second-order valence-corrected chi connectivity index (χ2v) is 14.1. The van der Waals surface area contributed by atoms with Crippen molar-refractivity contribution in [2.24, 2.45) is 0 Å². The lowest BCUT2D eigenvalue weighted by Gasteiger charge is -2.10. The van der Waals surface area contributed by atoms with E-state index >= 15 is 0 Å². The molecule has 0 bridgehead atoms. The Morgan fingerprint density at radius 2 is 1.04 bits per heavy atom.